The summed E-state index contributed by atoms with van der Waals surface area (Å²) < 4.78 is 14.7. The van der Waals surface area contributed by atoms with Gasteiger partial charge in [0.1, 0.15) is 0 Å². The van der Waals surface area contributed by atoms with E-state index in [2.05, 4.69) is 17.7 Å². The summed E-state index contributed by atoms with van der Waals surface area (Å²) in [6.07, 6.45) is 4.43. The Hall–Kier alpha value is -0.150. The van der Waals surface area contributed by atoms with E-state index in [1.807, 2.05) is 20.8 Å². The summed E-state index contributed by atoms with van der Waals surface area (Å²) in [5, 5.41) is 0. The van der Waals surface area contributed by atoms with Gasteiger partial charge in [0, 0.05) is 6.04 Å². The third-order valence-corrected chi connectivity index (χ3v) is 3.89. The largest absolute Gasteiger partial charge is 0.242 e. The van der Waals surface area contributed by atoms with E-state index in [0.29, 0.717) is 6.04 Å². The minimum atomic E-state index is -0.939. The first-order valence-electron chi connectivity index (χ1n) is 4.76. The van der Waals surface area contributed by atoms with Crippen molar-refractivity contribution < 1.29 is 4.21 Å². The molecule has 0 saturated carbocycles. The van der Waals surface area contributed by atoms with Gasteiger partial charge < -0.3 is 0 Å². The van der Waals surface area contributed by atoms with Crippen LogP contribution in [0, 0.1) is 0 Å². The maximum atomic E-state index is 11.7. The van der Waals surface area contributed by atoms with E-state index in [-0.39, 0.29) is 4.75 Å². The SMILES string of the molecule is CC1=CCC[C@H]1NS(=O)C(C)(C)C. The van der Waals surface area contributed by atoms with Crippen LogP contribution < -0.4 is 4.72 Å². The quantitative estimate of drug-likeness (QED) is 0.681. The predicted octanol–water partition coefficient (Wildman–Crippen LogP) is 2.15. The number of nitrogens with one attached hydrogen (secondary N) is 1. The second kappa shape index (κ2) is 3.93. The lowest BCUT2D eigenvalue weighted by atomic mass is 10.2. The van der Waals surface area contributed by atoms with Crippen molar-refractivity contribution in [3.63, 3.8) is 0 Å². The molecule has 1 aliphatic carbocycles. The molecular formula is C10H19NOS. The molecule has 0 aliphatic heterocycles. The van der Waals surface area contributed by atoms with E-state index in [9.17, 15) is 4.21 Å². The fourth-order valence-corrected chi connectivity index (χ4v) is 2.22. The van der Waals surface area contributed by atoms with E-state index in [0.717, 1.165) is 12.8 Å². The Morgan fingerprint density at radius 2 is 2.15 bits per heavy atom. The van der Waals surface area contributed by atoms with Crippen LogP contribution in [-0.2, 0) is 11.0 Å². The van der Waals surface area contributed by atoms with Gasteiger partial charge in [0.15, 0.2) is 0 Å². The molecule has 0 fully saturated rings. The maximum Gasteiger partial charge on any atom is 0.0975 e. The summed E-state index contributed by atoms with van der Waals surface area (Å²) in [5.74, 6) is 0. The molecule has 3 heteroatoms. The minimum Gasteiger partial charge on any atom is -0.242 e. The number of hydrogen-bond donors (Lipinski definition) is 1. The molecule has 0 amide bonds. The maximum absolute atomic E-state index is 11.7. The van der Waals surface area contributed by atoms with Crippen LogP contribution in [0.25, 0.3) is 0 Å². The monoisotopic (exact) mass is 201 g/mol. The summed E-state index contributed by atoms with van der Waals surface area (Å²) >= 11 is 0. The smallest absolute Gasteiger partial charge is 0.0975 e. The van der Waals surface area contributed by atoms with Gasteiger partial charge in [-0.05, 0) is 40.5 Å². The summed E-state index contributed by atoms with van der Waals surface area (Å²) in [5.41, 5.74) is 1.33. The molecule has 13 heavy (non-hydrogen) atoms. The molecule has 0 radical (unpaired) electrons. The fourth-order valence-electron chi connectivity index (χ4n) is 1.31. The van der Waals surface area contributed by atoms with Crippen molar-refractivity contribution in [1.82, 2.24) is 4.72 Å². The van der Waals surface area contributed by atoms with E-state index in [4.69, 9.17) is 0 Å². The molecule has 1 unspecified atom stereocenters. The molecule has 1 N–H and O–H groups in total. The average molecular weight is 201 g/mol. The summed E-state index contributed by atoms with van der Waals surface area (Å²) in [4.78, 5) is 0. The van der Waals surface area contributed by atoms with Crippen LogP contribution in [0.4, 0.5) is 0 Å². The molecule has 0 spiro atoms. The first-order valence-corrected chi connectivity index (χ1v) is 5.91. The Bertz CT molecular complexity index is 240. The highest BCUT2D eigenvalue weighted by Gasteiger charge is 2.24. The number of allylic oxidation sites excluding steroid dienone is 1. The Balaban J connectivity index is 2.51. The van der Waals surface area contributed by atoms with E-state index < -0.39 is 11.0 Å². The van der Waals surface area contributed by atoms with Gasteiger partial charge in [-0.25, -0.2) is 8.93 Å². The lowest BCUT2D eigenvalue weighted by Gasteiger charge is -2.22. The Morgan fingerprint density at radius 3 is 2.54 bits per heavy atom. The van der Waals surface area contributed by atoms with Gasteiger partial charge in [-0.3, -0.25) is 0 Å². The third kappa shape index (κ3) is 2.92. The Kier molecular flexibility index (Phi) is 3.30. The highest BCUT2D eigenvalue weighted by atomic mass is 32.2. The van der Waals surface area contributed by atoms with Crippen LogP contribution in [0.5, 0.6) is 0 Å². The second-order valence-corrected chi connectivity index (χ2v) is 6.57. The van der Waals surface area contributed by atoms with Crippen molar-refractivity contribution >= 4 is 11.0 Å². The van der Waals surface area contributed by atoms with Crippen molar-refractivity contribution in [3.05, 3.63) is 11.6 Å². The van der Waals surface area contributed by atoms with Crippen molar-refractivity contribution in [3.8, 4) is 0 Å². The molecule has 1 rings (SSSR count). The normalized spacial score (nSPS) is 25.8. The van der Waals surface area contributed by atoms with Gasteiger partial charge in [-0.15, -0.1) is 0 Å². The van der Waals surface area contributed by atoms with Crippen LogP contribution in [-0.4, -0.2) is 15.0 Å². The second-order valence-electron chi connectivity index (χ2n) is 4.58. The Morgan fingerprint density at radius 1 is 1.54 bits per heavy atom. The van der Waals surface area contributed by atoms with Crippen LogP contribution in [0.15, 0.2) is 11.6 Å². The topological polar surface area (TPSA) is 29.1 Å². The lowest BCUT2D eigenvalue weighted by Crippen LogP contribution is -2.39. The highest BCUT2D eigenvalue weighted by Crippen LogP contribution is 2.20. The molecule has 0 bridgehead atoms. The van der Waals surface area contributed by atoms with Crippen molar-refractivity contribution in [2.24, 2.45) is 0 Å². The standard InChI is InChI=1S/C10H19NOS/c1-8-6-5-7-9(8)11-13(12)10(2,3)4/h6,9,11H,5,7H2,1-4H3/t9-,13?/m1/s1. The third-order valence-electron chi connectivity index (χ3n) is 2.28. The molecule has 0 aromatic carbocycles. The molecule has 0 heterocycles. The molecular weight excluding hydrogens is 182 g/mol. The van der Waals surface area contributed by atoms with E-state index in [1.165, 1.54) is 5.57 Å². The van der Waals surface area contributed by atoms with Gasteiger partial charge in [0.25, 0.3) is 0 Å². The van der Waals surface area contributed by atoms with E-state index in [1.54, 1.807) is 0 Å². The van der Waals surface area contributed by atoms with Crippen molar-refractivity contribution in [1.29, 1.82) is 0 Å². The van der Waals surface area contributed by atoms with E-state index >= 15 is 0 Å². The average Bonchev–Trinajstić information content (AvgIpc) is 2.34. The van der Waals surface area contributed by atoms with Gasteiger partial charge in [0.2, 0.25) is 0 Å². The Labute approximate surface area is 83.4 Å². The zero-order chi connectivity index (χ0) is 10.1. The zero-order valence-electron chi connectivity index (χ0n) is 8.89. The fraction of sp³-hybridized carbons (Fsp3) is 0.800. The predicted molar refractivity (Wildman–Crippen MR) is 57.8 cm³/mol. The van der Waals surface area contributed by atoms with Crippen molar-refractivity contribution in [2.45, 2.75) is 51.3 Å². The van der Waals surface area contributed by atoms with Crippen molar-refractivity contribution in [2.75, 3.05) is 0 Å². The van der Waals surface area contributed by atoms with Gasteiger partial charge in [0.05, 0.1) is 15.7 Å². The lowest BCUT2D eigenvalue weighted by molar-refractivity contribution is 0.610. The molecule has 76 valence electrons. The zero-order valence-corrected chi connectivity index (χ0v) is 9.70. The minimum absolute atomic E-state index is 0.164. The van der Waals surface area contributed by atoms with Crippen LogP contribution in [0.1, 0.15) is 40.5 Å². The highest BCUT2D eigenvalue weighted by molar-refractivity contribution is 7.84. The van der Waals surface area contributed by atoms with Crippen LogP contribution >= 0.6 is 0 Å². The first-order chi connectivity index (χ1) is 5.91. The molecule has 1 aliphatic rings. The first kappa shape index (κ1) is 10.9. The molecule has 0 aromatic rings. The molecule has 0 aromatic heterocycles. The molecule has 2 nitrogen and oxygen atoms in total. The van der Waals surface area contributed by atoms with Crippen LogP contribution in [0.3, 0.4) is 0 Å². The summed E-state index contributed by atoms with van der Waals surface area (Å²) in [6.45, 7) is 8.07. The van der Waals surface area contributed by atoms with Gasteiger partial charge in [-0.2, -0.15) is 0 Å². The summed E-state index contributed by atoms with van der Waals surface area (Å²) in [6, 6.07) is 0.333. The summed E-state index contributed by atoms with van der Waals surface area (Å²) in [7, 11) is -0.939. The number of rotatable bonds is 2. The van der Waals surface area contributed by atoms with Gasteiger partial charge >= 0.3 is 0 Å². The molecule has 0 saturated heterocycles. The van der Waals surface area contributed by atoms with Crippen LogP contribution in [0.2, 0.25) is 0 Å². The van der Waals surface area contributed by atoms with Gasteiger partial charge in [-0.1, -0.05) is 11.6 Å². The molecule has 2 atom stereocenters. The number of hydrogen-bond acceptors (Lipinski definition) is 1.